The van der Waals surface area contributed by atoms with Crippen LogP contribution in [0.2, 0.25) is 5.02 Å². The summed E-state index contributed by atoms with van der Waals surface area (Å²) in [5.74, 6) is -1.67. The van der Waals surface area contributed by atoms with Crippen LogP contribution in [0.1, 0.15) is 20.8 Å². The van der Waals surface area contributed by atoms with Gasteiger partial charge in [0, 0.05) is 23.0 Å². The van der Waals surface area contributed by atoms with Gasteiger partial charge in [-0.25, -0.2) is 14.3 Å². The minimum Gasteiger partial charge on any atom is -0.477 e. The Kier molecular flexibility index (Phi) is 4.05. The van der Waals surface area contributed by atoms with Crippen molar-refractivity contribution < 1.29 is 14.7 Å². The summed E-state index contributed by atoms with van der Waals surface area (Å²) in [5, 5.41) is 16.5. The average Bonchev–Trinajstić information content (AvgIpc) is 3.30. The van der Waals surface area contributed by atoms with Gasteiger partial charge in [-0.2, -0.15) is 4.98 Å². The van der Waals surface area contributed by atoms with Gasteiger partial charge in [0.15, 0.2) is 11.3 Å². The molecule has 0 aliphatic carbocycles. The van der Waals surface area contributed by atoms with Crippen molar-refractivity contribution in [3.05, 3.63) is 71.4 Å². The molecule has 0 spiro atoms. The van der Waals surface area contributed by atoms with E-state index in [2.05, 4.69) is 20.4 Å². The monoisotopic (exact) mass is 382 g/mol. The van der Waals surface area contributed by atoms with Crippen molar-refractivity contribution in [1.29, 1.82) is 0 Å². The molecule has 4 rings (SSSR count). The number of benzene rings is 1. The maximum absolute atomic E-state index is 12.4. The highest BCUT2D eigenvalue weighted by atomic mass is 35.5. The summed E-state index contributed by atoms with van der Waals surface area (Å²) in [6.45, 7) is 0. The lowest BCUT2D eigenvalue weighted by molar-refractivity contribution is 0.0687. The van der Waals surface area contributed by atoms with Gasteiger partial charge in [-0.15, -0.1) is 5.10 Å². The molecule has 1 amide bonds. The summed E-state index contributed by atoms with van der Waals surface area (Å²) in [5.41, 5.74) is 1.06. The highest BCUT2D eigenvalue weighted by molar-refractivity contribution is 6.31. The van der Waals surface area contributed by atoms with Gasteiger partial charge in [0.1, 0.15) is 0 Å². The third-order valence-electron chi connectivity index (χ3n) is 3.78. The standard InChI is InChI=1S/C17H11ClN6O3/c18-11-3-1-2-10(8-11)15(25)21-17-20-14-12(23-7-6-19-9-23)4-5-13(16(26)27)24(14)22-17/h1-9H,(H,26,27)(H,21,22,25). The van der Waals surface area contributed by atoms with E-state index in [1.807, 2.05) is 0 Å². The lowest BCUT2D eigenvalue weighted by Gasteiger charge is -2.05. The fraction of sp³-hybridized carbons (Fsp3) is 0. The van der Waals surface area contributed by atoms with Crippen LogP contribution in [0.25, 0.3) is 11.3 Å². The second kappa shape index (κ2) is 6.54. The molecule has 0 saturated carbocycles. The normalized spacial score (nSPS) is 10.9. The van der Waals surface area contributed by atoms with Crippen LogP contribution >= 0.6 is 11.6 Å². The zero-order valence-corrected chi connectivity index (χ0v) is 14.3. The SMILES string of the molecule is O=C(Nc1nc2c(-n3ccnc3)ccc(C(=O)O)n2n1)c1cccc(Cl)c1. The summed E-state index contributed by atoms with van der Waals surface area (Å²) in [7, 11) is 0. The van der Waals surface area contributed by atoms with E-state index in [4.69, 9.17) is 11.6 Å². The lowest BCUT2D eigenvalue weighted by Crippen LogP contribution is -2.13. The number of halogens is 1. The first-order valence-corrected chi connectivity index (χ1v) is 8.09. The van der Waals surface area contributed by atoms with E-state index in [1.54, 1.807) is 47.6 Å². The number of imidazole rings is 1. The van der Waals surface area contributed by atoms with E-state index < -0.39 is 11.9 Å². The van der Waals surface area contributed by atoms with Gasteiger partial charge in [0.2, 0.25) is 5.95 Å². The quantitative estimate of drug-likeness (QED) is 0.560. The van der Waals surface area contributed by atoms with Gasteiger partial charge in [0.25, 0.3) is 5.91 Å². The van der Waals surface area contributed by atoms with E-state index in [0.717, 1.165) is 4.52 Å². The Labute approximate surface area is 156 Å². The molecule has 134 valence electrons. The number of carboxylic acids is 1. The smallest absolute Gasteiger partial charge is 0.354 e. The summed E-state index contributed by atoms with van der Waals surface area (Å²) < 4.78 is 2.82. The zero-order valence-electron chi connectivity index (χ0n) is 13.6. The zero-order chi connectivity index (χ0) is 19.0. The molecule has 0 fully saturated rings. The summed E-state index contributed by atoms with van der Waals surface area (Å²) >= 11 is 5.90. The number of fused-ring (bicyclic) bond motifs is 1. The maximum Gasteiger partial charge on any atom is 0.354 e. The molecule has 9 nitrogen and oxygen atoms in total. The third-order valence-corrected chi connectivity index (χ3v) is 4.01. The molecule has 0 bridgehead atoms. The number of nitrogens with zero attached hydrogens (tertiary/aromatic N) is 5. The molecule has 0 unspecified atom stereocenters. The molecule has 0 aliphatic rings. The van der Waals surface area contributed by atoms with Gasteiger partial charge < -0.3 is 9.67 Å². The Balaban J connectivity index is 1.78. The number of anilines is 1. The first kappa shape index (κ1) is 16.7. The number of rotatable bonds is 4. The van der Waals surface area contributed by atoms with Gasteiger partial charge in [-0.05, 0) is 30.3 Å². The molecule has 1 aromatic carbocycles. The van der Waals surface area contributed by atoms with Crippen molar-refractivity contribution >= 4 is 35.1 Å². The fourth-order valence-corrected chi connectivity index (χ4v) is 2.76. The van der Waals surface area contributed by atoms with Gasteiger partial charge >= 0.3 is 5.97 Å². The van der Waals surface area contributed by atoms with Crippen LogP contribution in [0.5, 0.6) is 0 Å². The number of hydrogen-bond acceptors (Lipinski definition) is 5. The van der Waals surface area contributed by atoms with Crippen LogP contribution in [0.4, 0.5) is 5.95 Å². The topological polar surface area (TPSA) is 114 Å². The summed E-state index contributed by atoms with van der Waals surface area (Å²) in [6.07, 6.45) is 4.82. The van der Waals surface area contributed by atoms with Crippen LogP contribution in [0.3, 0.4) is 0 Å². The van der Waals surface area contributed by atoms with E-state index >= 15 is 0 Å². The lowest BCUT2D eigenvalue weighted by atomic mass is 10.2. The van der Waals surface area contributed by atoms with E-state index in [0.29, 0.717) is 16.3 Å². The Morgan fingerprint density at radius 3 is 2.74 bits per heavy atom. The summed E-state index contributed by atoms with van der Waals surface area (Å²) in [4.78, 5) is 32.1. The van der Waals surface area contributed by atoms with Crippen molar-refractivity contribution in [2.24, 2.45) is 0 Å². The van der Waals surface area contributed by atoms with Crippen molar-refractivity contribution in [2.75, 3.05) is 5.32 Å². The minimum atomic E-state index is -1.17. The van der Waals surface area contributed by atoms with Gasteiger partial charge in [-0.3, -0.25) is 10.1 Å². The van der Waals surface area contributed by atoms with E-state index in [1.165, 1.54) is 12.1 Å². The van der Waals surface area contributed by atoms with E-state index in [-0.39, 0.29) is 17.3 Å². The second-order valence-corrected chi connectivity index (χ2v) is 5.95. The number of aromatic nitrogens is 5. The molecule has 2 N–H and O–H groups in total. The van der Waals surface area contributed by atoms with Crippen LogP contribution in [0.15, 0.2) is 55.1 Å². The number of amides is 1. The van der Waals surface area contributed by atoms with Crippen molar-refractivity contribution in [3.8, 4) is 5.69 Å². The van der Waals surface area contributed by atoms with Crippen LogP contribution in [0, 0.1) is 0 Å². The fourth-order valence-electron chi connectivity index (χ4n) is 2.57. The first-order chi connectivity index (χ1) is 13.0. The van der Waals surface area contributed by atoms with Crippen LogP contribution < -0.4 is 5.32 Å². The molecule has 3 heterocycles. The van der Waals surface area contributed by atoms with Crippen LogP contribution in [-0.4, -0.2) is 41.1 Å². The number of carboxylic acid groups (broad SMARTS) is 1. The number of nitrogens with one attached hydrogen (secondary N) is 1. The molecule has 0 radical (unpaired) electrons. The predicted octanol–water partition coefficient (Wildman–Crippen LogP) is 2.52. The molecule has 0 aliphatic heterocycles. The van der Waals surface area contributed by atoms with Crippen molar-refractivity contribution in [3.63, 3.8) is 0 Å². The molecule has 0 atom stereocenters. The largest absolute Gasteiger partial charge is 0.477 e. The number of pyridine rings is 1. The molecule has 27 heavy (non-hydrogen) atoms. The molecule has 10 heteroatoms. The molecular formula is C17H11ClN6O3. The third kappa shape index (κ3) is 3.11. The molecule has 4 aromatic rings. The number of aromatic carboxylic acids is 1. The minimum absolute atomic E-state index is 0.0324. The van der Waals surface area contributed by atoms with Crippen molar-refractivity contribution in [2.45, 2.75) is 0 Å². The van der Waals surface area contributed by atoms with Gasteiger partial charge in [0.05, 0.1) is 12.0 Å². The van der Waals surface area contributed by atoms with E-state index in [9.17, 15) is 14.7 Å². The Morgan fingerprint density at radius 2 is 2.04 bits per heavy atom. The number of carbonyl (C=O) groups excluding carboxylic acids is 1. The average molecular weight is 383 g/mol. The Hall–Kier alpha value is -3.72. The van der Waals surface area contributed by atoms with Crippen molar-refractivity contribution in [1.82, 2.24) is 24.1 Å². The maximum atomic E-state index is 12.4. The Bertz CT molecular complexity index is 1170. The number of carbonyl (C=O) groups is 2. The molecule has 0 saturated heterocycles. The highest BCUT2D eigenvalue weighted by Crippen LogP contribution is 2.19. The summed E-state index contributed by atoms with van der Waals surface area (Å²) in [6, 6.07) is 9.40. The molecule has 3 aromatic heterocycles. The molecular weight excluding hydrogens is 372 g/mol. The predicted molar refractivity (Wildman–Crippen MR) is 96.5 cm³/mol. The highest BCUT2D eigenvalue weighted by Gasteiger charge is 2.18. The second-order valence-electron chi connectivity index (χ2n) is 5.51. The van der Waals surface area contributed by atoms with Crippen LogP contribution in [-0.2, 0) is 0 Å². The van der Waals surface area contributed by atoms with Gasteiger partial charge in [-0.1, -0.05) is 17.7 Å². The number of hydrogen-bond donors (Lipinski definition) is 2. The first-order valence-electron chi connectivity index (χ1n) is 7.71. The Morgan fingerprint density at radius 1 is 1.19 bits per heavy atom.